The van der Waals surface area contributed by atoms with E-state index in [-0.39, 0.29) is 11.9 Å². The van der Waals surface area contributed by atoms with Crippen LogP contribution < -0.4 is 10.1 Å². The zero-order valence-electron chi connectivity index (χ0n) is 10.4. The highest BCUT2D eigenvalue weighted by molar-refractivity contribution is 6.18. The zero-order valence-corrected chi connectivity index (χ0v) is 11.1. The van der Waals surface area contributed by atoms with Gasteiger partial charge < -0.3 is 10.1 Å². The topological polar surface area (TPSA) is 38.3 Å². The molecule has 94 valence electrons. The fraction of sp³-hybridized carbons (Fsp3) is 0.462. The molecule has 0 saturated heterocycles. The molecule has 0 aliphatic carbocycles. The van der Waals surface area contributed by atoms with Crippen LogP contribution in [0.4, 0.5) is 0 Å². The van der Waals surface area contributed by atoms with E-state index in [1.165, 1.54) is 0 Å². The summed E-state index contributed by atoms with van der Waals surface area (Å²) in [6.07, 6.45) is 0. The van der Waals surface area contributed by atoms with E-state index in [0.29, 0.717) is 23.1 Å². The summed E-state index contributed by atoms with van der Waals surface area (Å²) in [6, 6.07) is 7.11. The Hall–Kier alpha value is -1.22. The number of alkyl halides is 1. The van der Waals surface area contributed by atoms with Crippen molar-refractivity contribution in [3.05, 3.63) is 29.8 Å². The van der Waals surface area contributed by atoms with E-state index >= 15 is 0 Å². The Balaban J connectivity index is 2.82. The van der Waals surface area contributed by atoms with Crippen LogP contribution in [0.25, 0.3) is 0 Å². The first-order valence-electron chi connectivity index (χ1n) is 5.60. The van der Waals surface area contributed by atoms with Crippen molar-refractivity contribution in [2.45, 2.75) is 19.9 Å². The Morgan fingerprint density at radius 3 is 2.59 bits per heavy atom. The number of hydrogen-bond donors (Lipinski definition) is 1. The zero-order chi connectivity index (χ0) is 12.8. The van der Waals surface area contributed by atoms with Gasteiger partial charge in [-0.3, -0.25) is 4.79 Å². The minimum absolute atomic E-state index is 0.0333. The van der Waals surface area contributed by atoms with Gasteiger partial charge >= 0.3 is 0 Å². The molecule has 0 aliphatic heterocycles. The van der Waals surface area contributed by atoms with Gasteiger partial charge in [-0.15, -0.1) is 11.6 Å². The fourth-order valence-electron chi connectivity index (χ4n) is 1.46. The van der Waals surface area contributed by atoms with Crippen molar-refractivity contribution in [3.63, 3.8) is 0 Å². The van der Waals surface area contributed by atoms with Crippen LogP contribution in [0.2, 0.25) is 0 Å². The normalized spacial score (nSPS) is 12.3. The van der Waals surface area contributed by atoms with E-state index in [4.69, 9.17) is 16.3 Å². The maximum atomic E-state index is 12.0. The number of carbonyl (C=O) groups excluding carboxylic acids is 1. The predicted octanol–water partition coefficient (Wildman–Crippen LogP) is 2.69. The molecule has 1 aromatic rings. The van der Waals surface area contributed by atoms with Crippen molar-refractivity contribution in [2.24, 2.45) is 5.92 Å². The predicted molar refractivity (Wildman–Crippen MR) is 69.8 cm³/mol. The van der Waals surface area contributed by atoms with Gasteiger partial charge in [0.1, 0.15) is 5.75 Å². The van der Waals surface area contributed by atoms with Crippen LogP contribution in [-0.2, 0) is 0 Å². The van der Waals surface area contributed by atoms with Crippen LogP contribution in [0.15, 0.2) is 24.3 Å². The molecule has 1 N–H and O–H groups in total. The van der Waals surface area contributed by atoms with Gasteiger partial charge in [-0.25, -0.2) is 0 Å². The summed E-state index contributed by atoms with van der Waals surface area (Å²) in [5.41, 5.74) is 0.533. The van der Waals surface area contributed by atoms with E-state index in [0.717, 1.165) is 0 Å². The molecular weight excluding hydrogens is 238 g/mol. The van der Waals surface area contributed by atoms with E-state index in [2.05, 4.69) is 5.32 Å². The molecule has 0 aromatic heterocycles. The summed E-state index contributed by atoms with van der Waals surface area (Å²) in [6.45, 7) is 4.05. The third-order valence-corrected chi connectivity index (χ3v) is 2.97. The van der Waals surface area contributed by atoms with Crippen LogP contribution in [-0.4, -0.2) is 24.9 Å². The lowest BCUT2D eigenvalue weighted by Crippen LogP contribution is -2.39. The molecule has 0 saturated carbocycles. The first-order chi connectivity index (χ1) is 8.10. The molecule has 1 amide bonds. The molecule has 0 radical (unpaired) electrons. The largest absolute Gasteiger partial charge is 0.496 e. The monoisotopic (exact) mass is 255 g/mol. The highest BCUT2D eigenvalue weighted by Gasteiger charge is 2.18. The Morgan fingerprint density at radius 1 is 1.41 bits per heavy atom. The third-order valence-electron chi connectivity index (χ3n) is 2.64. The maximum absolute atomic E-state index is 12.0. The molecule has 1 rings (SSSR count). The van der Waals surface area contributed by atoms with Crippen LogP contribution in [0, 0.1) is 5.92 Å². The standard InChI is InChI=1S/C13H18ClNO2/c1-9(2)11(8-14)15-13(16)10-6-4-5-7-12(10)17-3/h4-7,9,11H,8H2,1-3H3,(H,15,16). The molecule has 4 heteroatoms. The van der Waals surface area contributed by atoms with Gasteiger partial charge in [-0.1, -0.05) is 26.0 Å². The number of methoxy groups -OCH3 is 1. The first-order valence-corrected chi connectivity index (χ1v) is 6.13. The third kappa shape index (κ3) is 3.63. The first kappa shape index (κ1) is 13.8. The molecule has 3 nitrogen and oxygen atoms in total. The van der Waals surface area contributed by atoms with Gasteiger partial charge in [-0.05, 0) is 18.1 Å². The molecule has 0 bridgehead atoms. The van der Waals surface area contributed by atoms with Gasteiger partial charge in [-0.2, -0.15) is 0 Å². The second-order valence-electron chi connectivity index (χ2n) is 4.18. The Kier molecular flexibility index (Phi) is 5.29. The highest BCUT2D eigenvalue weighted by Crippen LogP contribution is 2.17. The van der Waals surface area contributed by atoms with Gasteiger partial charge in [0.05, 0.1) is 12.7 Å². The number of carbonyl (C=O) groups is 1. The number of rotatable bonds is 5. The van der Waals surface area contributed by atoms with E-state index in [9.17, 15) is 4.79 Å². The lowest BCUT2D eigenvalue weighted by Gasteiger charge is -2.20. The van der Waals surface area contributed by atoms with Crippen LogP contribution in [0.3, 0.4) is 0 Å². The molecule has 0 aliphatic rings. The molecule has 17 heavy (non-hydrogen) atoms. The lowest BCUT2D eigenvalue weighted by atomic mass is 10.1. The highest BCUT2D eigenvalue weighted by atomic mass is 35.5. The summed E-state index contributed by atoms with van der Waals surface area (Å²) < 4.78 is 5.15. The second-order valence-corrected chi connectivity index (χ2v) is 4.49. The number of benzene rings is 1. The maximum Gasteiger partial charge on any atom is 0.255 e. The fourth-order valence-corrected chi connectivity index (χ4v) is 1.90. The minimum Gasteiger partial charge on any atom is -0.496 e. The molecule has 0 fully saturated rings. The molecule has 1 unspecified atom stereocenters. The SMILES string of the molecule is COc1ccccc1C(=O)NC(CCl)C(C)C. The minimum atomic E-state index is -0.151. The van der Waals surface area contributed by atoms with E-state index < -0.39 is 0 Å². The van der Waals surface area contributed by atoms with Crippen LogP contribution in [0.1, 0.15) is 24.2 Å². The van der Waals surface area contributed by atoms with Crippen molar-refractivity contribution >= 4 is 17.5 Å². The average Bonchev–Trinajstić information content (AvgIpc) is 2.35. The second kappa shape index (κ2) is 6.50. The smallest absolute Gasteiger partial charge is 0.255 e. The van der Waals surface area contributed by atoms with Crippen molar-refractivity contribution in [2.75, 3.05) is 13.0 Å². The van der Waals surface area contributed by atoms with Crippen LogP contribution >= 0.6 is 11.6 Å². The van der Waals surface area contributed by atoms with Crippen molar-refractivity contribution in [3.8, 4) is 5.75 Å². The van der Waals surface area contributed by atoms with Crippen molar-refractivity contribution in [1.29, 1.82) is 0 Å². The van der Waals surface area contributed by atoms with Crippen LogP contribution in [0.5, 0.6) is 5.75 Å². The van der Waals surface area contributed by atoms with Gasteiger partial charge in [0, 0.05) is 11.9 Å². The van der Waals surface area contributed by atoms with Gasteiger partial charge in [0.25, 0.3) is 5.91 Å². The number of para-hydroxylation sites is 1. The average molecular weight is 256 g/mol. The number of ether oxygens (including phenoxy) is 1. The lowest BCUT2D eigenvalue weighted by molar-refractivity contribution is 0.0928. The Morgan fingerprint density at radius 2 is 2.06 bits per heavy atom. The Labute approximate surface area is 107 Å². The summed E-state index contributed by atoms with van der Waals surface area (Å²) in [5.74, 6) is 1.12. The molecular formula is C13H18ClNO2. The van der Waals surface area contributed by atoms with Crippen molar-refractivity contribution < 1.29 is 9.53 Å². The summed E-state index contributed by atoms with van der Waals surface area (Å²) in [4.78, 5) is 12.0. The summed E-state index contributed by atoms with van der Waals surface area (Å²) in [5, 5.41) is 2.91. The summed E-state index contributed by atoms with van der Waals surface area (Å²) in [7, 11) is 1.55. The van der Waals surface area contributed by atoms with E-state index in [1.54, 1.807) is 19.2 Å². The number of amides is 1. The van der Waals surface area contributed by atoms with Gasteiger partial charge in [0.15, 0.2) is 0 Å². The molecule has 1 aromatic carbocycles. The van der Waals surface area contributed by atoms with Gasteiger partial charge in [0.2, 0.25) is 0 Å². The van der Waals surface area contributed by atoms with E-state index in [1.807, 2.05) is 26.0 Å². The Bertz CT molecular complexity index is 379. The number of halogens is 1. The number of nitrogens with one attached hydrogen (secondary N) is 1. The number of hydrogen-bond acceptors (Lipinski definition) is 2. The quantitative estimate of drug-likeness (QED) is 0.822. The molecule has 1 atom stereocenters. The molecule has 0 heterocycles. The summed E-state index contributed by atoms with van der Waals surface area (Å²) >= 11 is 5.82. The van der Waals surface area contributed by atoms with Crippen molar-refractivity contribution in [1.82, 2.24) is 5.32 Å². The molecule has 0 spiro atoms.